The molecule has 2 rings (SSSR count). The minimum absolute atomic E-state index is 0.502. The Kier molecular flexibility index (Phi) is 4.66. The van der Waals surface area contributed by atoms with Gasteiger partial charge in [-0.2, -0.15) is 0 Å². The van der Waals surface area contributed by atoms with Gasteiger partial charge >= 0.3 is 0 Å². The fourth-order valence-corrected chi connectivity index (χ4v) is 3.28. The van der Waals surface area contributed by atoms with Gasteiger partial charge in [-0.3, -0.25) is 0 Å². The van der Waals surface area contributed by atoms with Crippen LogP contribution in [-0.4, -0.2) is 24.8 Å². The Balaban J connectivity index is 1.75. The van der Waals surface area contributed by atoms with E-state index >= 15 is 0 Å². The fraction of sp³-hybridized carbons (Fsp3) is 1.00. The van der Waals surface area contributed by atoms with Crippen LogP contribution in [0.25, 0.3) is 0 Å². The average molecular weight is 225 g/mol. The monoisotopic (exact) mass is 225 g/mol. The molecule has 1 aliphatic heterocycles. The highest BCUT2D eigenvalue weighted by Gasteiger charge is 2.26. The SMILES string of the molecule is CCC1CC(N[C@@H](C)C2CCCC2)CCO1. The summed E-state index contributed by atoms with van der Waals surface area (Å²) in [7, 11) is 0. The molecule has 2 heteroatoms. The van der Waals surface area contributed by atoms with Gasteiger partial charge in [-0.25, -0.2) is 0 Å². The van der Waals surface area contributed by atoms with Crippen LogP contribution in [0, 0.1) is 5.92 Å². The normalized spacial score (nSPS) is 34.1. The van der Waals surface area contributed by atoms with Crippen LogP contribution in [0.4, 0.5) is 0 Å². The van der Waals surface area contributed by atoms with E-state index < -0.39 is 0 Å². The lowest BCUT2D eigenvalue weighted by molar-refractivity contribution is -0.00277. The first-order valence-corrected chi connectivity index (χ1v) is 7.17. The molecule has 1 aliphatic carbocycles. The average Bonchev–Trinajstić information content (AvgIpc) is 2.83. The predicted octanol–water partition coefficient (Wildman–Crippen LogP) is 3.11. The minimum atomic E-state index is 0.502. The van der Waals surface area contributed by atoms with E-state index in [0.29, 0.717) is 18.2 Å². The molecular weight excluding hydrogens is 198 g/mol. The first-order chi connectivity index (χ1) is 7.79. The Morgan fingerprint density at radius 3 is 2.69 bits per heavy atom. The second-order valence-electron chi connectivity index (χ2n) is 5.62. The van der Waals surface area contributed by atoms with Crippen molar-refractivity contribution in [3.05, 3.63) is 0 Å². The standard InChI is InChI=1S/C14H27NO/c1-3-14-10-13(8-9-16-14)15-11(2)12-6-4-5-7-12/h11-15H,3-10H2,1-2H3/t11-,13?,14?/m0/s1. The van der Waals surface area contributed by atoms with E-state index in [-0.39, 0.29) is 0 Å². The molecule has 1 saturated heterocycles. The van der Waals surface area contributed by atoms with Crippen LogP contribution >= 0.6 is 0 Å². The number of hydrogen-bond donors (Lipinski definition) is 1. The van der Waals surface area contributed by atoms with Crippen molar-refractivity contribution in [1.82, 2.24) is 5.32 Å². The highest BCUT2D eigenvalue weighted by molar-refractivity contribution is 4.83. The molecule has 0 amide bonds. The summed E-state index contributed by atoms with van der Waals surface area (Å²) in [5, 5.41) is 3.85. The molecule has 94 valence electrons. The van der Waals surface area contributed by atoms with Crippen molar-refractivity contribution in [3.63, 3.8) is 0 Å². The van der Waals surface area contributed by atoms with Crippen molar-refractivity contribution in [1.29, 1.82) is 0 Å². The summed E-state index contributed by atoms with van der Waals surface area (Å²) in [6, 6.07) is 1.41. The van der Waals surface area contributed by atoms with Crippen molar-refractivity contribution >= 4 is 0 Å². The summed E-state index contributed by atoms with van der Waals surface area (Å²) >= 11 is 0. The Bertz CT molecular complexity index is 201. The summed E-state index contributed by atoms with van der Waals surface area (Å²) in [5.74, 6) is 0.933. The molecule has 16 heavy (non-hydrogen) atoms. The van der Waals surface area contributed by atoms with E-state index in [1.54, 1.807) is 0 Å². The van der Waals surface area contributed by atoms with Gasteiger partial charge in [0.25, 0.3) is 0 Å². The Hall–Kier alpha value is -0.0800. The summed E-state index contributed by atoms with van der Waals surface area (Å²) in [6.45, 7) is 5.56. The molecule has 0 radical (unpaired) electrons. The van der Waals surface area contributed by atoms with Gasteiger partial charge in [-0.15, -0.1) is 0 Å². The van der Waals surface area contributed by atoms with Crippen LogP contribution in [-0.2, 0) is 4.74 Å². The molecule has 2 fully saturated rings. The lowest BCUT2D eigenvalue weighted by Crippen LogP contribution is -2.45. The van der Waals surface area contributed by atoms with E-state index in [1.807, 2.05) is 0 Å². The van der Waals surface area contributed by atoms with Crippen LogP contribution < -0.4 is 5.32 Å². The van der Waals surface area contributed by atoms with Gasteiger partial charge in [0.15, 0.2) is 0 Å². The summed E-state index contributed by atoms with van der Waals surface area (Å²) < 4.78 is 5.72. The molecule has 2 nitrogen and oxygen atoms in total. The molecule has 1 saturated carbocycles. The molecule has 2 aliphatic rings. The van der Waals surface area contributed by atoms with Crippen LogP contribution in [0.1, 0.15) is 58.8 Å². The molecule has 1 N–H and O–H groups in total. The largest absolute Gasteiger partial charge is 0.378 e. The second kappa shape index (κ2) is 6.02. The zero-order chi connectivity index (χ0) is 11.4. The van der Waals surface area contributed by atoms with Gasteiger partial charge in [0.05, 0.1) is 6.10 Å². The Morgan fingerprint density at radius 2 is 2.00 bits per heavy atom. The van der Waals surface area contributed by atoms with Gasteiger partial charge in [0, 0.05) is 18.7 Å². The van der Waals surface area contributed by atoms with E-state index in [4.69, 9.17) is 4.74 Å². The van der Waals surface area contributed by atoms with Crippen molar-refractivity contribution < 1.29 is 4.74 Å². The smallest absolute Gasteiger partial charge is 0.0587 e. The van der Waals surface area contributed by atoms with Gasteiger partial charge < -0.3 is 10.1 Å². The maximum atomic E-state index is 5.72. The van der Waals surface area contributed by atoms with Crippen LogP contribution in [0.15, 0.2) is 0 Å². The van der Waals surface area contributed by atoms with Crippen LogP contribution in [0.5, 0.6) is 0 Å². The van der Waals surface area contributed by atoms with Gasteiger partial charge in [-0.1, -0.05) is 19.8 Å². The zero-order valence-electron chi connectivity index (χ0n) is 10.9. The maximum Gasteiger partial charge on any atom is 0.0587 e. The first kappa shape index (κ1) is 12.4. The topological polar surface area (TPSA) is 21.3 Å². The molecular formula is C14H27NO. The molecule has 1 heterocycles. The van der Waals surface area contributed by atoms with Gasteiger partial charge in [0.2, 0.25) is 0 Å². The van der Waals surface area contributed by atoms with Crippen molar-refractivity contribution in [2.75, 3.05) is 6.61 Å². The maximum absolute atomic E-state index is 5.72. The number of nitrogens with one attached hydrogen (secondary N) is 1. The third-order valence-corrected chi connectivity index (χ3v) is 4.43. The lowest BCUT2D eigenvalue weighted by atomic mass is 9.95. The first-order valence-electron chi connectivity index (χ1n) is 7.17. The van der Waals surface area contributed by atoms with E-state index in [0.717, 1.165) is 18.9 Å². The van der Waals surface area contributed by atoms with Crippen molar-refractivity contribution in [2.24, 2.45) is 5.92 Å². The Morgan fingerprint density at radius 1 is 1.25 bits per heavy atom. The van der Waals surface area contributed by atoms with Crippen LogP contribution in [0.2, 0.25) is 0 Å². The summed E-state index contributed by atoms with van der Waals surface area (Å²) in [4.78, 5) is 0. The third-order valence-electron chi connectivity index (χ3n) is 4.43. The second-order valence-corrected chi connectivity index (χ2v) is 5.62. The third kappa shape index (κ3) is 3.21. The predicted molar refractivity (Wildman–Crippen MR) is 67.6 cm³/mol. The van der Waals surface area contributed by atoms with Gasteiger partial charge in [-0.05, 0) is 44.9 Å². The molecule has 0 aromatic carbocycles. The number of hydrogen-bond acceptors (Lipinski definition) is 2. The molecule has 0 bridgehead atoms. The van der Waals surface area contributed by atoms with Crippen LogP contribution in [0.3, 0.4) is 0 Å². The molecule has 0 aromatic rings. The van der Waals surface area contributed by atoms with E-state index in [9.17, 15) is 0 Å². The molecule has 2 unspecified atom stereocenters. The zero-order valence-corrected chi connectivity index (χ0v) is 10.9. The number of rotatable bonds is 4. The Labute approximate surface area is 100 Å². The van der Waals surface area contributed by atoms with Crippen molar-refractivity contribution in [2.45, 2.75) is 77.0 Å². The van der Waals surface area contributed by atoms with Gasteiger partial charge in [0.1, 0.15) is 0 Å². The molecule has 3 atom stereocenters. The quantitative estimate of drug-likeness (QED) is 0.794. The van der Waals surface area contributed by atoms with E-state index in [1.165, 1.54) is 38.5 Å². The van der Waals surface area contributed by atoms with Crippen molar-refractivity contribution in [3.8, 4) is 0 Å². The fourth-order valence-electron chi connectivity index (χ4n) is 3.28. The molecule has 0 aromatic heterocycles. The number of ether oxygens (including phenoxy) is 1. The summed E-state index contributed by atoms with van der Waals surface area (Å²) in [6.07, 6.45) is 9.85. The molecule has 0 spiro atoms. The highest BCUT2D eigenvalue weighted by Crippen LogP contribution is 2.28. The summed E-state index contributed by atoms with van der Waals surface area (Å²) in [5.41, 5.74) is 0. The van der Waals surface area contributed by atoms with E-state index in [2.05, 4.69) is 19.2 Å². The minimum Gasteiger partial charge on any atom is -0.378 e. The lowest BCUT2D eigenvalue weighted by Gasteiger charge is -2.33. The highest BCUT2D eigenvalue weighted by atomic mass is 16.5.